The summed E-state index contributed by atoms with van der Waals surface area (Å²) in [7, 11) is 0. The van der Waals surface area contributed by atoms with Crippen molar-refractivity contribution in [3.8, 4) is 33.1 Å². The molecule has 18 heteroatoms. The number of hydrogen-bond acceptors (Lipinski definition) is 13. The van der Waals surface area contributed by atoms with Gasteiger partial charge >= 0.3 is 0 Å². The van der Waals surface area contributed by atoms with Gasteiger partial charge in [-0.15, -0.1) is 11.3 Å². The van der Waals surface area contributed by atoms with Crippen LogP contribution in [0.1, 0.15) is 113 Å². The molecule has 10 heterocycles. The van der Waals surface area contributed by atoms with Crippen LogP contribution in [-0.4, -0.2) is 88.3 Å². The predicted octanol–water partition coefficient (Wildman–Crippen LogP) is 12.3. The Labute approximate surface area is 528 Å². The van der Waals surface area contributed by atoms with E-state index in [9.17, 15) is 23.2 Å². The van der Waals surface area contributed by atoms with Gasteiger partial charge in [-0.3, -0.25) is 39.1 Å². The van der Waals surface area contributed by atoms with Crippen molar-refractivity contribution in [2.45, 2.75) is 110 Å². The van der Waals surface area contributed by atoms with E-state index in [1.54, 1.807) is 71.0 Å². The number of fused-ring (bicyclic) bond motifs is 3. The number of amides is 3. The fraction of sp³-hybridized carbons (Fsp3) is 0.292. The summed E-state index contributed by atoms with van der Waals surface area (Å²) in [4.78, 5) is 68.8. The molecule has 4 aromatic carbocycles. The third-order valence-electron chi connectivity index (χ3n) is 18.0. The van der Waals surface area contributed by atoms with Crippen LogP contribution in [-0.2, 0) is 72.9 Å². The van der Waals surface area contributed by atoms with E-state index in [2.05, 4.69) is 80.0 Å². The first kappa shape index (κ1) is 61.0. The number of aromatic nitrogens is 4. The minimum Gasteiger partial charge on any atom is -0.397 e. The maximum Gasteiger partial charge on any atom is 0.229 e. The third-order valence-corrected chi connectivity index (χ3v) is 18.9. The monoisotopic (exact) mass is 1220 g/mol. The number of halogens is 2. The van der Waals surface area contributed by atoms with Gasteiger partial charge in [0.1, 0.15) is 11.6 Å². The van der Waals surface area contributed by atoms with Crippen molar-refractivity contribution in [2.75, 3.05) is 43.4 Å². The summed E-state index contributed by atoms with van der Waals surface area (Å²) in [5, 5.41) is 2.03. The zero-order valence-corrected chi connectivity index (χ0v) is 51.6. The zero-order chi connectivity index (χ0) is 62.4. The molecule has 2 atom stereocenters. The van der Waals surface area contributed by atoms with E-state index in [1.165, 1.54) is 96.4 Å². The number of pyridine rings is 4. The van der Waals surface area contributed by atoms with Gasteiger partial charge in [-0.2, -0.15) is 0 Å². The van der Waals surface area contributed by atoms with Crippen molar-refractivity contribution in [1.82, 2.24) is 44.4 Å². The van der Waals surface area contributed by atoms with E-state index in [1.807, 2.05) is 51.6 Å². The SMILES string of the molecule is CC(c1ccc2c(c1)CN(C(=O)Cc1nc(-c3ccc(F)cc3)ccc1N)C2)N1CCCC1.CC(c1ccc2c(c1)CN(C(=O)Cc1nc(-c3cccs3)ccc1N)C2)N1CCCC1.Nc1ccc(-c2ccc(F)cc2)nc1CC(=O)N1Cc2cccnc2C1. The number of nitrogens with zero attached hydrogens (tertiary/aromatic N) is 9. The summed E-state index contributed by atoms with van der Waals surface area (Å²) in [6.07, 6.45) is 7.37. The summed E-state index contributed by atoms with van der Waals surface area (Å²) in [5.41, 5.74) is 35.0. The highest BCUT2D eigenvalue weighted by Gasteiger charge is 2.30. The Balaban J connectivity index is 0.000000132. The summed E-state index contributed by atoms with van der Waals surface area (Å²) < 4.78 is 26.4. The molecule has 2 unspecified atom stereocenters. The number of carbonyl (C=O) groups is 3. The third kappa shape index (κ3) is 14.1. The lowest BCUT2D eigenvalue weighted by Crippen LogP contribution is -2.27. The molecule has 5 aliphatic rings. The molecule has 90 heavy (non-hydrogen) atoms. The normalized spacial score (nSPS) is 15.8. The van der Waals surface area contributed by atoms with E-state index >= 15 is 0 Å². The van der Waals surface area contributed by atoms with Crippen LogP contribution in [0, 0.1) is 11.6 Å². The van der Waals surface area contributed by atoms with E-state index in [4.69, 9.17) is 17.2 Å². The van der Waals surface area contributed by atoms with Gasteiger partial charge in [-0.1, -0.05) is 48.5 Å². The minimum absolute atomic E-state index is 0.01000. The first-order chi connectivity index (χ1) is 43.7. The van der Waals surface area contributed by atoms with Gasteiger partial charge in [-0.25, -0.2) is 13.8 Å². The number of nitrogens with two attached hydrogens (primary N) is 3. The van der Waals surface area contributed by atoms with Crippen LogP contribution in [0.25, 0.3) is 33.1 Å². The lowest BCUT2D eigenvalue weighted by atomic mass is 10.0. The van der Waals surface area contributed by atoms with Crippen molar-refractivity contribution >= 4 is 46.1 Å². The number of rotatable bonds is 13. The minimum atomic E-state index is -0.304. The molecule has 0 saturated carbocycles. The Hall–Kier alpha value is -9.23. The maximum absolute atomic E-state index is 13.3. The summed E-state index contributed by atoms with van der Waals surface area (Å²) in [5.74, 6) is -0.555. The van der Waals surface area contributed by atoms with Gasteiger partial charge in [0.25, 0.3) is 0 Å². The Bertz CT molecular complexity index is 4040. The smallest absolute Gasteiger partial charge is 0.229 e. The molecule has 6 N–H and O–H groups in total. The molecule has 14 rings (SSSR count). The van der Waals surface area contributed by atoms with Crippen LogP contribution in [0.2, 0.25) is 0 Å². The molecular formula is C72H74F2N12O3S. The summed E-state index contributed by atoms with van der Waals surface area (Å²) >= 11 is 1.64. The molecule has 5 aromatic heterocycles. The lowest BCUT2D eigenvalue weighted by Gasteiger charge is -2.24. The largest absolute Gasteiger partial charge is 0.397 e. The molecule has 0 bridgehead atoms. The fourth-order valence-electron chi connectivity index (χ4n) is 12.6. The van der Waals surface area contributed by atoms with Gasteiger partial charge in [-0.05, 0) is 207 Å². The number of nitrogen functional groups attached to an aromatic ring is 3. The number of benzene rings is 4. The first-order valence-electron chi connectivity index (χ1n) is 31.0. The average Bonchev–Trinajstić information content (AvgIpc) is 2.15. The van der Waals surface area contributed by atoms with Crippen molar-refractivity contribution in [3.63, 3.8) is 0 Å². The van der Waals surface area contributed by atoms with Crippen LogP contribution in [0.5, 0.6) is 0 Å². The summed E-state index contributed by atoms with van der Waals surface area (Å²) in [6.45, 7) is 12.9. The highest BCUT2D eigenvalue weighted by atomic mass is 32.1. The predicted molar refractivity (Wildman–Crippen MR) is 349 cm³/mol. The number of thiophene rings is 1. The molecule has 0 aliphatic carbocycles. The van der Waals surface area contributed by atoms with E-state index in [0.717, 1.165) is 46.0 Å². The fourth-order valence-corrected chi connectivity index (χ4v) is 13.3. The molecule has 5 aliphatic heterocycles. The standard InChI is InChI=1S/C27H29FN4O.C25H28N4OS.C20H17FN4O/c1-18(31-12-2-3-13-31)20-4-5-21-16-32(17-22(21)14-20)27(33)15-26-24(29)10-11-25(30-26)19-6-8-23(28)9-7-19;1-17(28-10-2-3-11-28)18-6-7-19-15-29(16-20(19)13-18)25(30)14-23-21(26)8-9-22(27-23)24-5-4-12-31-24;21-15-5-3-13(4-6-15)17-8-7-16(22)18(24-17)10-20(26)25-11-14-2-1-9-23-19(14)12-25/h4-11,14,18H,2-3,12-13,15-17,29H2,1H3;4-9,12-13,17H,2-3,10-11,14-16,26H2,1H3;1-9H,10-12,22H2. The lowest BCUT2D eigenvalue weighted by molar-refractivity contribution is -0.131. The average molecular weight is 1230 g/mol. The quantitative estimate of drug-likeness (QED) is 0.0989. The second kappa shape index (κ2) is 27.3. The van der Waals surface area contributed by atoms with Crippen molar-refractivity contribution < 1.29 is 23.2 Å². The van der Waals surface area contributed by atoms with E-state index in [-0.39, 0.29) is 48.6 Å². The number of carbonyl (C=O) groups excluding carboxylic acids is 3. The second-order valence-corrected chi connectivity index (χ2v) is 24.9. The van der Waals surface area contributed by atoms with Gasteiger partial charge in [0.2, 0.25) is 17.7 Å². The molecule has 2 saturated heterocycles. The second-order valence-electron chi connectivity index (χ2n) is 24.0. The molecule has 15 nitrogen and oxygen atoms in total. The van der Waals surface area contributed by atoms with Crippen LogP contribution < -0.4 is 17.2 Å². The zero-order valence-electron chi connectivity index (χ0n) is 50.8. The Morgan fingerprint density at radius 2 is 0.878 bits per heavy atom. The van der Waals surface area contributed by atoms with Crippen LogP contribution in [0.4, 0.5) is 25.8 Å². The van der Waals surface area contributed by atoms with Gasteiger partial charge in [0.05, 0.1) is 87.6 Å². The summed E-state index contributed by atoms with van der Waals surface area (Å²) in [6, 6.07) is 45.2. The van der Waals surface area contributed by atoms with E-state index in [0.29, 0.717) is 96.9 Å². The first-order valence-corrected chi connectivity index (χ1v) is 31.8. The van der Waals surface area contributed by atoms with Gasteiger partial charge in [0, 0.05) is 62.1 Å². The molecule has 3 amide bonds. The highest BCUT2D eigenvalue weighted by Crippen LogP contribution is 2.34. The topological polar surface area (TPSA) is 197 Å². The molecule has 460 valence electrons. The maximum atomic E-state index is 13.3. The molecular weight excluding hydrogens is 1150 g/mol. The Kier molecular flexibility index (Phi) is 18.5. The van der Waals surface area contributed by atoms with Crippen LogP contribution >= 0.6 is 11.3 Å². The van der Waals surface area contributed by atoms with E-state index < -0.39 is 0 Å². The highest BCUT2D eigenvalue weighted by molar-refractivity contribution is 7.13. The van der Waals surface area contributed by atoms with Crippen LogP contribution in [0.3, 0.4) is 0 Å². The number of anilines is 3. The number of hydrogen-bond donors (Lipinski definition) is 3. The van der Waals surface area contributed by atoms with Gasteiger partial charge < -0.3 is 31.9 Å². The molecule has 0 spiro atoms. The van der Waals surface area contributed by atoms with Crippen molar-refractivity contribution in [2.24, 2.45) is 0 Å². The van der Waals surface area contributed by atoms with Crippen LogP contribution in [0.15, 0.2) is 157 Å². The Morgan fingerprint density at radius 3 is 1.31 bits per heavy atom. The van der Waals surface area contributed by atoms with Crippen molar-refractivity contribution in [3.05, 3.63) is 231 Å². The Morgan fingerprint density at radius 1 is 0.467 bits per heavy atom. The molecule has 2 fully saturated rings. The van der Waals surface area contributed by atoms with Crippen molar-refractivity contribution in [1.29, 1.82) is 0 Å². The molecule has 0 radical (unpaired) electrons. The number of likely N-dealkylation sites (tertiary alicyclic amines) is 2. The molecule has 9 aromatic rings. The van der Waals surface area contributed by atoms with Gasteiger partial charge in [0.15, 0.2) is 0 Å².